The molecule has 2 aromatic carbocycles. The van der Waals surface area contributed by atoms with Gasteiger partial charge >= 0.3 is 0 Å². The van der Waals surface area contributed by atoms with Gasteiger partial charge in [0.15, 0.2) is 0 Å². The molecule has 5 nitrogen and oxygen atoms in total. The highest BCUT2D eigenvalue weighted by atomic mass is 32.1. The van der Waals surface area contributed by atoms with Crippen molar-refractivity contribution in [2.75, 3.05) is 16.8 Å². The number of amides is 2. The second-order valence-corrected chi connectivity index (χ2v) is 7.19. The standard InChI is InChI=1S/C12H14N2O2.C8H7NS/c1-2-12(16)14-6-5-9-7-10(13-8-15)3-4-11(9)14;1-6-9-7-4-2-3-5-8(7)10-6/h3-4,7-8H,2,5-6H2,1H3,(H,13,15);2-5H,1H3. The Morgan fingerprint density at radius 1 is 1.31 bits per heavy atom. The van der Waals surface area contributed by atoms with Crippen LogP contribution in [0.25, 0.3) is 10.2 Å². The number of carbonyl (C=O) groups is 2. The maximum Gasteiger partial charge on any atom is 0.226 e. The summed E-state index contributed by atoms with van der Waals surface area (Å²) in [5, 5.41) is 3.75. The van der Waals surface area contributed by atoms with Crippen molar-refractivity contribution in [1.29, 1.82) is 0 Å². The molecule has 0 aliphatic carbocycles. The van der Waals surface area contributed by atoms with Crippen LogP contribution < -0.4 is 10.2 Å². The molecule has 26 heavy (non-hydrogen) atoms. The zero-order chi connectivity index (χ0) is 18.5. The fourth-order valence-corrected chi connectivity index (χ4v) is 3.82. The average Bonchev–Trinajstić information content (AvgIpc) is 3.23. The molecule has 0 unspecified atom stereocenters. The Balaban J connectivity index is 0.000000167. The number of hydrogen-bond donors (Lipinski definition) is 1. The largest absolute Gasteiger partial charge is 0.329 e. The number of anilines is 2. The number of fused-ring (bicyclic) bond motifs is 2. The zero-order valence-corrected chi connectivity index (χ0v) is 15.7. The molecule has 1 aliphatic heterocycles. The minimum absolute atomic E-state index is 0.148. The molecule has 0 saturated carbocycles. The van der Waals surface area contributed by atoms with E-state index in [2.05, 4.69) is 16.4 Å². The molecule has 3 aromatic rings. The molecule has 6 heteroatoms. The monoisotopic (exact) mass is 367 g/mol. The summed E-state index contributed by atoms with van der Waals surface area (Å²) in [7, 11) is 0. The summed E-state index contributed by atoms with van der Waals surface area (Å²) in [6.45, 7) is 4.64. The molecule has 134 valence electrons. The van der Waals surface area contributed by atoms with Crippen LogP contribution in [0.2, 0.25) is 0 Å². The van der Waals surface area contributed by atoms with Crippen molar-refractivity contribution in [3.63, 3.8) is 0 Å². The lowest BCUT2D eigenvalue weighted by Crippen LogP contribution is -2.27. The minimum atomic E-state index is 0.148. The molecule has 0 saturated heterocycles. The molecule has 0 atom stereocenters. The van der Waals surface area contributed by atoms with Crippen LogP contribution in [0.3, 0.4) is 0 Å². The second kappa shape index (κ2) is 8.10. The molecule has 1 aromatic heterocycles. The molecule has 1 aliphatic rings. The highest BCUT2D eigenvalue weighted by Crippen LogP contribution is 2.30. The van der Waals surface area contributed by atoms with Crippen molar-refractivity contribution < 1.29 is 9.59 Å². The Labute approximate surface area is 156 Å². The molecular formula is C20H21N3O2S. The van der Waals surface area contributed by atoms with E-state index in [1.165, 1.54) is 4.70 Å². The summed E-state index contributed by atoms with van der Waals surface area (Å²) in [6, 6.07) is 13.8. The summed E-state index contributed by atoms with van der Waals surface area (Å²) < 4.78 is 1.28. The van der Waals surface area contributed by atoms with Gasteiger partial charge in [0.1, 0.15) is 0 Å². The molecular weight excluding hydrogens is 346 g/mol. The summed E-state index contributed by atoms with van der Waals surface area (Å²) >= 11 is 1.74. The van der Waals surface area contributed by atoms with Crippen LogP contribution in [0, 0.1) is 6.92 Å². The smallest absolute Gasteiger partial charge is 0.226 e. The molecule has 0 bridgehead atoms. The number of rotatable bonds is 3. The molecule has 0 fully saturated rings. The average molecular weight is 367 g/mol. The highest BCUT2D eigenvalue weighted by Gasteiger charge is 2.23. The Kier molecular flexibility index (Phi) is 5.63. The third-order valence-corrected chi connectivity index (χ3v) is 5.16. The number of aromatic nitrogens is 1. The maximum absolute atomic E-state index is 11.6. The third kappa shape index (κ3) is 3.91. The fourth-order valence-electron chi connectivity index (χ4n) is 3.00. The van der Waals surface area contributed by atoms with Gasteiger partial charge in [-0.2, -0.15) is 0 Å². The van der Waals surface area contributed by atoms with Gasteiger partial charge in [0.2, 0.25) is 12.3 Å². The van der Waals surface area contributed by atoms with Crippen LogP contribution in [-0.2, 0) is 16.0 Å². The number of benzene rings is 2. The lowest BCUT2D eigenvalue weighted by Gasteiger charge is -2.16. The number of nitrogens with zero attached hydrogens (tertiary/aromatic N) is 2. The van der Waals surface area contributed by atoms with Crippen molar-refractivity contribution in [3.05, 3.63) is 53.0 Å². The van der Waals surface area contributed by atoms with E-state index in [9.17, 15) is 9.59 Å². The van der Waals surface area contributed by atoms with Gasteiger partial charge in [-0.05, 0) is 49.2 Å². The van der Waals surface area contributed by atoms with E-state index in [4.69, 9.17) is 0 Å². The van der Waals surface area contributed by atoms with Crippen molar-refractivity contribution in [2.24, 2.45) is 0 Å². The first kappa shape index (κ1) is 18.1. The second-order valence-electron chi connectivity index (χ2n) is 5.96. The molecule has 0 radical (unpaired) electrons. The van der Waals surface area contributed by atoms with Crippen molar-refractivity contribution >= 4 is 45.2 Å². The van der Waals surface area contributed by atoms with Gasteiger partial charge in [-0.15, -0.1) is 11.3 Å². The van der Waals surface area contributed by atoms with E-state index in [0.29, 0.717) is 12.8 Å². The molecule has 2 heterocycles. The summed E-state index contributed by atoms with van der Waals surface area (Å²) in [5.41, 5.74) is 3.99. The van der Waals surface area contributed by atoms with Gasteiger partial charge in [0, 0.05) is 24.3 Å². The predicted octanol–water partition coefficient (Wildman–Crippen LogP) is 4.16. The van der Waals surface area contributed by atoms with E-state index in [0.717, 1.165) is 40.4 Å². The maximum atomic E-state index is 11.6. The van der Waals surface area contributed by atoms with Crippen molar-refractivity contribution in [1.82, 2.24) is 4.98 Å². The van der Waals surface area contributed by atoms with Crippen LogP contribution >= 0.6 is 11.3 Å². The summed E-state index contributed by atoms with van der Waals surface area (Å²) in [4.78, 5) is 28.1. The van der Waals surface area contributed by atoms with Gasteiger partial charge < -0.3 is 10.2 Å². The van der Waals surface area contributed by atoms with E-state index in [1.807, 2.05) is 50.2 Å². The Bertz CT molecular complexity index is 903. The van der Waals surface area contributed by atoms with Crippen molar-refractivity contribution in [3.8, 4) is 0 Å². The Morgan fingerprint density at radius 2 is 2.12 bits per heavy atom. The minimum Gasteiger partial charge on any atom is -0.329 e. The van der Waals surface area contributed by atoms with Crippen LogP contribution in [0.15, 0.2) is 42.5 Å². The molecule has 4 rings (SSSR count). The van der Waals surface area contributed by atoms with Crippen LogP contribution in [-0.4, -0.2) is 23.8 Å². The van der Waals surface area contributed by atoms with Gasteiger partial charge in [0.05, 0.1) is 15.2 Å². The summed E-state index contributed by atoms with van der Waals surface area (Å²) in [6.07, 6.45) is 2.04. The van der Waals surface area contributed by atoms with E-state index < -0.39 is 0 Å². The van der Waals surface area contributed by atoms with E-state index in [-0.39, 0.29) is 5.91 Å². The Morgan fingerprint density at radius 3 is 2.85 bits per heavy atom. The zero-order valence-electron chi connectivity index (χ0n) is 14.9. The van der Waals surface area contributed by atoms with E-state index in [1.54, 1.807) is 16.2 Å². The van der Waals surface area contributed by atoms with Crippen LogP contribution in [0.5, 0.6) is 0 Å². The third-order valence-electron chi connectivity index (χ3n) is 4.20. The molecule has 1 N–H and O–H groups in total. The van der Waals surface area contributed by atoms with Gasteiger partial charge in [-0.25, -0.2) is 4.98 Å². The first-order valence-electron chi connectivity index (χ1n) is 8.58. The van der Waals surface area contributed by atoms with Crippen LogP contribution in [0.4, 0.5) is 11.4 Å². The predicted molar refractivity (Wildman–Crippen MR) is 107 cm³/mol. The number of para-hydroxylation sites is 1. The lowest BCUT2D eigenvalue weighted by molar-refractivity contribution is -0.118. The first-order chi connectivity index (χ1) is 12.6. The van der Waals surface area contributed by atoms with Gasteiger partial charge in [-0.1, -0.05) is 19.1 Å². The number of hydrogen-bond acceptors (Lipinski definition) is 4. The summed E-state index contributed by atoms with van der Waals surface area (Å²) in [5.74, 6) is 0.148. The normalized spacial score (nSPS) is 12.3. The molecule has 2 amide bonds. The Hall–Kier alpha value is -2.73. The van der Waals surface area contributed by atoms with E-state index >= 15 is 0 Å². The highest BCUT2D eigenvalue weighted by molar-refractivity contribution is 7.18. The number of carbonyl (C=O) groups excluding carboxylic acids is 2. The number of nitrogens with one attached hydrogen (secondary N) is 1. The van der Waals surface area contributed by atoms with Gasteiger partial charge in [-0.3, -0.25) is 9.59 Å². The van der Waals surface area contributed by atoms with Gasteiger partial charge in [0.25, 0.3) is 0 Å². The number of aryl methyl sites for hydroxylation is 1. The fraction of sp³-hybridized carbons (Fsp3) is 0.250. The van der Waals surface area contributed by atoms with Crippen LogP contribution in [0.1, 0.15) is 23.9 Å². The lowest BCUT2D eigenvalue weighted by atomic mass is 10.1. The number of thiazole rings is 1. The quantitative estimate of drug-likeness (QED) is 0.707. The van der Waals surface area contributed by atoms with Crippen molar-refractivity contribution in [2.45, 2.75) is 26.7 Å². The SMILES string of the molecule is CCC(=O)N1CCc2cc(NC=O)ccc21.Cc1nc2ccccc2s1. The topological polar surface area (TPSA) is 62.3 Å². The molecule has 0 spiro atoms. The first-order valence-corrected chi connectivity index (χ1v) is 9.39.